The van der Waals surface area contributed by atoms with Crippen LogP contribution in [0.25, 0.3) is 0 Å². The van der Waals surface area contributed by atoms with Crippen LogP contribution in [-0.4, -0.2) is 36.9 Å². The summed E-state index contributed by atoms with van der Waals surface area (Å²) in [4.78, 5) is 10.9. The van der Waals surface area contributed by atoms with Gasteiger partial charge in [-0.15, -0.1) is 0 Å². The average molecular weight is 301 g/mol. The number of piperidine rings is 1. The fraction of sp³-hybridized carbons (Fsp3) is 0.462. The first kappa shape index (κ1) is 14.9. The standard InChI is InChI=1S/C13H16FNO4S/c1-9-4-5-11(14)7-12(9)20(18,19)15-6-2-3-10(8-15)13(16)17/h4-5,7,10H,2-3,6,8H2,1H3,(H,16,17). The van der Waals surface area contributed by atoms with E-state index in [2.05, 4.69) is 0 Å². The third-order valence-electron chi connectivity index (χ3n) is 3.50. The zero-order valence-corrected chi connectivity index (χ0v) is 11.9. The van der Waals surface area contributed by atoms with Crippen LogP contribution in [0.2, 0.25) is 0 Å². The number of nitrogens with zero attached hydrogens (tertiary/aromatic N) is 1. The van der Waals surface area contributed by atoms with Gasteiger partial charge in [-0.3, -0.25) is 4.79 Å². The molecule has 1 aliphatic rings. The first-order valence-corrected chi connectivity index (χ1v) is 7.75. The molecule has 110 valence electrons. The fourth-order valence-electron chi connectivity index (χ4n) is 2.35. The van der Waals surface area contributed by atoms with Crippen molar-refractivity contribution in [3.05, 3.63) is 29.6 Å². The smallest absolute Gasteiger partial charge is 0.307 e. The Morgan fingerprint density at radius 3 is 2.80 bits per heavy atom. The summed E-state index contributed by atoms with van der Waals surface area (Å²) >= 11 is 0. The molecule has 1 heterocycles. The third-order valence-corrected chi connectivity index (χ3v) is 5.51. The van der Waals surface area contributed by atoms with Gasteiger partial charge in [0, 0.05) is 13.1 Å². The lowest BCUT2D eigenvalue weighted by molar-refractivity contribution is -0.142. The Kier molecular flexibility index (Phi) is 4.10. The second-order valence-electron chi connectivity index (χ2n) is 4.95. The second-order valence-corrected chi connectivity index (χ2v) is 6.86. The lowest BCUT2D eigenvalue weighted by Crippen LogP contribution is -2.42. The Balaban J connectivity index is 2.35. The summed E-state index contributed by atoms with van der Waals surface area (Å²) in [6, 6.07) is 3.58. The number of sulfonamides is 1. The number of carbonyl (C=O) groups is 1. The van der Waals surface area contributed by atoms with Crippen LogP contribution in [0.4, 0.5) is 4.39 Å². The van der Waals surface area contributed by atoms with Gasteiger partial charge in [0.1, 0.15) is 5.82 Å². The molecule has 0 spiro atoms. The van der Waals surface area contributed by atoms with E-state index < -0.39 is 27.7 Å². The minimum absolute atomic E-state index is 0.0619. The van der Waals surface area contributed by atoms with Gasteiger partial charge >= 0.3 is 5.97 Å². The van der Waals surface area contributed by atoms with E-state index in [1.807, 2.05) is 0 Å². The number of benzene rings is 1. The van der Waals surface area contributed by atoms with Gasteiger partial charge in [0.25, 0.3) is 0 Å². The molecule has 1 saturated heterocycles. The van der Waals surface area contributed by atoms with Crippen molar-refractivity contribution in [2.45, 2.75) is 24.7 Å². The van der Waals surface area contributed by atoms with Crippen LogP contribution >= 0.6 is 0 Å². The van der Waals surface area contributed by atoms with Gasteiger partial charge in [-0.25, -0.2) is 12.8 Å². The number of rotatable bonds is 3. The van der Waals surface area contributed by atoms with Gasteiger partial charge in [0.15, 0.2) is 0 Å². The quantitative estimate of drug-likeness (QED) is 0.920. The van der Waals surface area contributed by atoms with Crippen LogP contribution in [0.1, 0.15) is 18.4 Å². The molecule has 0 radical (unpaired) electrons. The zero-order valence-electron chi connectivity index (χ0n) is 11.0. The van der Waals surface area contributed by atoms with Crippen molar-refractivity contribution in [1.29, 1.82) is 0 Å². The maximum absolute atomic E-state index is 13.3. The molecule has 20 heavy (non-hydrogen) atoms. The molecule has 1 aliphatic heterocycles. The van der Waals surface area contributed by atoms with E-state index in [9.17, 15) is 17.6 Å². The summed E-state index contributed by atoms with van der Waals surface area (Å²) < 4.78 is 39.4. The Labute approximate surface area is 117 Å². The molecule has 1 aromatic carbocycles. The Bertz CT molecular complexity index is 629. The normalized spacial score (nSPS) is 20.8. The maximum atomic E-state index is 13.3. The minimum atomic E-state index is -3.85. The molecule has 2 rings (SSSR count). The van der Waals surface area contributed by atoms with Gasteiger partial charge in [0.2, 0.25) is 10.0 Å². The molecule has 1 fully saturated rings. The third kappa shape index (κ3) is 2.83. The number of aryl methyl sites for hydroxylation is 1. The summed E-state index contributed by atoms with van der Waals surface area (Å²) in [5.41, 5.74) is 0.448. The highest BCUT2D eigenvalue weighted by Gasteiger charge is 2.34. The van der Waals surface area contributed by atoms with E-state index in [1.54, 1.807) is 6.92 Å². The molecule has 7 heteroatoms. The van der Waals surface area contributed by atoms with E-state index >= 15 is 0 Å². The molecule has 1 aromatic rings. The monoisotopic (exact) mass is 301 g/mol. The zero-order chi connectivity index (χ0) is 14.9. The van der Waals surface area contributed by atoms with Gasteiger partial charge in [0.05, 0.1) is 10.8 Å². The SMILES string of the molecule is Cc1ccc(F)cc1S(=O)(=O)N1CCCC(C(=O)O)C1. The number of aliphatic carboxylic acids is 1. The lowest BCUT2D eigenvalue weighted by atomic mass is 10.0. The molecule has 0 saturated carbocycles. The van der Waals surface area contributed by atoms with Crippen molar-refractivity contribution in [3.63, 3.8) is 0 Å². The summed E-state index contributed by atoms with van der Waals surface area (Å²) in [6.07, 6.45) is 0.952. The lowest BCUT2D eigenvalue weighted by Gasteiger charge is -2.30. The maximum Gasteiger partial charge on any atom is 0.307 e. The number of carboxylic acid groups (broad SMARTS) is 1. The van der Waals surface area contributed by atoms with Crippen LogP contribution in [0.3, 0.4) is 0 Å². The van der Waals surface area contributed by atoms with Crippen LogP contribution in [-0.2, 0) is 14.8 Å². The van der Waals surface area contributed by atoms with Gasteiger partial charge in [-0.1, -0.05) is 6.07 Å². The van der Waals surface area contributed by atoms with E-state index in [0.717, 1.165) is 10.4 Å². The highest BCUT2D eigenvalue weighted by Crippen LogP contribution is 2.26. The number of hydrogen-bond acceptors (Lipinski definition) is 3. The molecule has 5 nitrogen and oxygen atoms in total. The largest absolute Gasteiger partial charge is 0.481 e. The predicted octanol–water partition coefficient (Wildman–Crippen LogP) is 1.62. The van der Waals surface area contributed by atoms with Crippen molar-refractivity contribution in [2.24, 2.45) is 5.92 Å². The van der Waals surface area contributed by atoms with Crippen molar-refractivity contribution >= 4 is 16.0 Å². The van der Waals surface area contributed by atoms with Gasteiger partial charge < -0.3 is 5.11 Å². The topological polar surface area (TPSA) is 74.7 Å². The number of hydrogen-bond donors (Lipinski definition) is 1. The van der Waals surface area contributed by atoms with E-state index in [-0.39, 0.29) is 18.0 Å². The molecule has 1 atom stereocenters. The van der Waals surface area contributed by atoms with E-state index in [0.29, 0.717) is 18.4 Å². The van der Waals surface area contributed by atoms with E-state index in [4.69, 9.17) is 5.11 Å². The second kappa shape index (κ2) is 5.49. The summed E-state index contributed by atoms with van der Waals surface area (Å²) in [5, 5.41) is 9.01. The first-order valence-electron chi connectivity index (χ1n) is 6.31. The fourth-order valence-corrected chi connectivity index (χ4v) is 4.11. The minimum Gasteiger partial charge on any atom is -0.481 e. The molecule has 0 aliphatic carbocycles. The van der Waals surface area contributed by atoms with Gasteiger partial charge in [-0.05, 0) is 37.5 Å². The molecular formula is C13H16FNO4S. The summed E-state index contributed by atoms with van der Waals surface area (Å²) in [7, 11) is -3.85. The Morgan fingerprint density at radius 1 is 1.45 bits per heavy atom. The molecule has 0 aromatic heterocycles. The number of carboxylic acids is 1. The molecule has 0 amide bonds. The Hall–Kier alpha value is -1.47. The molecule has 0 bridgehead atoms. The van der Waals surface area contributed by atoms with Gasteiger partial charge in [-0.2, -0.15) is 4.31 Å². The number of halogens is 1. The molecule has 1 N–H and O–H groups in total. The van der Waals surface area contributed by atoms with Crippen LogP contribution in [0.15, 0.2) is 23.1 Å². The first-order chi connectivity index (χ1) is 9.32. The van der Waals surface area contributed by atoms with Crippen LogP contribution in [0.5, 0.6) is 0 Å². The molecule has 1 unspecified atom stereocenters. The van der Waals surface area contributed by atoms with Crippen molar-refractivity contribution in [1.82, 2.24) is 4.31 Å². The summed E-state index contributed by atoms with van der Waals surface area (Å²) in [6.45, 7) is 1.79. The predicted molar refractivity (Wildman–Crippen MR) is 70.3 cm³/mol. The van der Waals surface area contributed by atoms with Crippen molar-refractivity contribution in [3.8, 4) is 0 Å². The highest BCUT2D eigenvalue weighted by atomic mass is 32.2. The highest BCUT2D eigenvalue weighted by molar-refractivity contribution is 7.89. The Morgan fingerprint density at radius 2 is 2.15 bits per heavy atom. The van der Waals surface area contributed by atoms with Crippen molar-refractivity contribution in [2.75, 3.05) is 13.1 Å². The van der Waals surface area contributed by atoms with Crippen LogP contribution in [0, 0.1) is 18.7 Å². The van der Waals surface area contributed by atoms with E-state index in [1.165, 1.54) is 12.1 Å². The van der Waals surface area contributed by atoms with Crippen LogP contribution < -0.4 is 0 Å². The van der Waals surface area contributed by atoms with Crippen molar-refractivity contribution < 1.29 is 22.7 Å². The molecular weight excluding hydrogens is 285 g/mol. The summed E-state index contributed by atoms with van der Waals surface area (Å²) in [5.74, 6) is -2.32. The average Bonchev–Trinajstić information content (AvgIpc) is 2.41.